The Morgan fingerprint density at radius 3 is 2.58 bits per heavy atom. The lowest BCUT2D eigenvalue weighted by molar-refractivity contribution is 0.0934. The number of benzene rings is 3. The van der Waals surface area contributed by atoms with Gasteiger partial charge in [-0.2, -0.15) is 0 Å². The van der Waals surface area contributed by atoms with Crippen molar-refractivity contribution in [2.75, 3.05) is 13.7 Å². The molecule has 0 aliphatic rings. The van der Waals surface area contributed by atoms with Gasteiger partial charge in [-0.05, 0) is 48.7 Å². The Morgan fingerprint density at radius 1 is 1.03 bits per heavy atom. The standard InChI is InChI=1S/C27H29N3O3/c1-3-4-16-33-24-15-14-20(18-25(24)32-2)27(31)30-23(17-19-10-6-5-7-11-19)26-28-21-12-8-9-13-22(21)29-26/h5-15,18,23H,3-4,16-17H2,1-2H3,(H,28,29)(H,30,31)/t23-/m0/s1. The first kappa shape index (κ1) is 22.4. The maximum atomic E-state index is 13.2. The van der Waals surface area contributed by atoms with Crippen molar-refractivity contribution in [2.45, 2.75) is 32.2 Å². The average molecular weight is 444 g/mol. The van der Waals surface area contributed by atoms with Gasteiger partial charge in [-0.1, -0.05) is 55.8 Å². The Labute approximate surface area is 194 Å². The first-order chi connectivity index (χ1) is 16.2. The van der Waals surface area contributed by atoms with Crippen molar-refractivity contribution in [1.29, 1.82) is 0 Å². The van der Waals surface area contributed by atoms with Crippen LogP contribution in [-0.4, -0.2) is 29.6 Å². The van der Waals surface area contributed by atoms with Crippen molar-refractivity contribution in [2.24, 2.45) is 0 Å². The number of aromatic nitrogens is 2. The van der Waals surface area contributed by atoms with Gasteiger partial charge < -0.3 is 19.8 Å². The molecule has 6 nitrogen and oxygen atoms in total. The fourth-order valence-electron chi connectivity index (χ4n) is 3.70. The van der Waals surface area contributed by atoms with Crippen LogP contribution < -0.4 is 14.8 Å². The Hall–Kier alpha value is -3.80. The highest BCUT2D eigenvalue weighted by atomic mass is 16.5. The van der Waals surface area contributed by atoms with Gasteiger partial charge in [0.25, 0.3) is 5.91 Å². The Morgan fingerprint density at radius 2 is 1.82 bits per heavy atom. The molecule has 0 aliphatic heterocycles. The van der Waals surface area contributed by atoms with Crippen molar-refractivity contribution >= 4 is 16.9 Å². The first-order valence-corrected chi connectivity index (χ1v) is 11.3. The number of nitrogens with zero attached hydrogens (tertiary/aromatic N) is 1. The van der Waals surface area contributed by atoms with Crippen LogP contribution in [0.3, 0.4) is 0 Å². The molecule has 2 N–H and O–H groups in total. The van der Waals surface area contributed by atoms with Gasteiger partial charge in [-0.15, -0.1) is 0 Å². The van der Waals surface area contributed by atoms with Gasteiger partial charge >= 0.3 is 0 Å². The van der Waals surface area contributed by atoms with Crippen LogP contribution in [0.2, 0.25) is 0 Å². The number of H-pyrrole nitrogens is 1. The molecule has 4 rings (SSSR count). The number of para-hydroxylation sites is 2. The molecule has 0 saturated carbocycles. The maximum absolute atomic E-state index is 13.2. The van der Waals surface area contributed by atoms with Gasteiger partial charge in [0.05, 0.1) is 30.8 Å². The molecule has 1 aromatic heterocycles. The molecule has 1 amide bonds. The molecule has 3 aromatic carbocycles. The highest BCUT2D eigenvalue weighted by molar-refractivity contribution is 5.95. The van der Waals surface area contributed by atoms with Gasteiger partial charge in [0, 0.05) is 5.56 Å². The summed E-state index contributed by atoms with van der Waals surface area (Å²) in [6, 6.07) is 22.9. The summed E-state index contributed by atoms with van der Waals surface area (Å²) in [5, 5.41) is 3.15. The summed E-state index contributed by atoms with van der Waals surface area (Å²) >= 11 is 0. The maximum Gasteiger partial charge on any atom is 0.252 e. The normalized spacial score (nSPS) is 11.8. The van der Waals surface area contributed by atoms with E-state index in [1.165, 1.54) is 0 Å². The van der Waals surface area contributed by atoms with E-state index in [0.717, 1.165) is 35.3 Å². The number of fused-ring (bicyclic) bond motifs is 1. The van der Waals surface area contributed by atoms with Crippen LogP contribution in [0, 0.1) is 0 Å². The third kappa shape index (κ3) is 5.52. The SMILES string of the molecule is CCCCOc1ccc(C(=O)N[C@@H](Cc2ccccc2)c2nc3ccccc3[nH]2)cc1OC. The molecule has 1 atom stereocenters. The smallest absolute Gasteiger partial charge is 0.252 e. The zero-order valence-corrected chi connectivity index (χ0v) is 19.0. The number of ether oxygens (including phenoxy) is 2. The molecule has 4 aromatic rings. The molecule has 0 bridgehead atoms. The number of rotatable bonds is 10. The highest BCUT2D eigenvalue weighted by Gasteiger charge is 2.21. The van der Waals surface area contributed by atoms with Crippen molar-refractivity contribution in [1.82, 2.24) is 15.3 Å². The summed E-state index contributed by atoms with van der Waals surface area (Å²) < 4.78 is 11.3. The molecule has 0 unspecified atom stereocenters. The van der Waals surface area contributed by atoms with Crippen LogP contribution in [0.4, 0.5) is 0 Å². The predicted molar refractivity (Wildman–Crippen MR) is 130 cm³/mol. The zero-order chi connectivity index (χ0) is 23.0. The van der Waals surface area contributed by atoms with Gasteiger partial charge in [0.15, 0.2) is 11.5 Å². The molecular formula is C27H29N3O3. The second-order valence-electron chi connectivity index (χ2n) is 7.92. The molecule has 0 radical (unpaired) electrons. The fourth-order valence-corrected chi connectivity index (χ4v) is 3.70. The van der Waals surface area contributed by atoms with E-state index in [2.05, 4.69) is 17.2 Å². The van der Waals surface area contributed by atoms with Crippen molar-refractivity contribution in [3.05, 3.63) is 89.7 Å². The Kier molecular flexibility index (Phi) is 7.25. The summed E-state index contributed by atoms with van der Waals surface area (Å²) in [5.41, 5.74) is 3.43. The Balaban J connectivity index is 1.58. The Bertz CT molecular complexity index is 1170. The second kappa shape index (κ2) is 10.7. The topological polar surface area (TPSA) is 76.2 Å². The molecule has 0 saturated heterocycles. The third-order valence-corrected chi connectivity index (χ3v) is 5.51. The lowest BCUT2D eigenvalue weighted by Crippen LogP contribution is -2.30. The van der Waals surface area contributed by atoms with Crippen LogP contribution in [0.15, 0.2) is 72.8 Å². The van der Waals surface area contributed by atoms with Crippen LogP contribution in [0.1, 0.15) is 47.6 Å². The largest absolute Gasteiger partial charge is 0.493 e. The van der Waals surface area contributed by atoms with E-state index in [-0.39, 0.29) is 11.9 Å². The van der Waals surface area contributed by atoms with Crippen molar-refractivity contribution < 1.29 is 14.3 Å². The number of hydrogen-bond acceptors (Lipinski definition) is 4. The number of amides is 1. The molecule has 6 heteroatoms. The molecule has 0 fully saturated rings. The summed E-state index contributed by atoms with van der Waals surface area (Å²) in [6.45, 7) is 2.73. The lowest BCUT2D eigenvalue weighted by atomic mass is 10.0. The fraction of sp³-hybridized carbons (Fsp3) is 0.259. The number of unbranched alkanes of at least 4 members (excludes halogenated alkanes) is 1. The van der Waals surface area contributed by atoms with Gasteiger partial charge in [-0.3, -0.25) is 4.79 Å². The first-order valence-electron chi connectivity index (χ1n) is 11.3. The summed E-state index contributed by atoms with van der Waals surface area (Å²) in [6.07, 6.45) is 2.62. The average Bonchev–Trinajstić information content (AvgIpc) is 3.29. The third-order valence-electron chi connectivity index (χ3n) is 5.51. The minimum absolute atomic E-state index is 0.199. The summed E-state index contributed by atoms with van der Waals surface area (Å²) in [4.78, 5) is 21.3. The van der Waals surface area contributed by atoms with E-state index in [1.54, 1.807) is 25.3 Å². The minimum atomic E-state index is -0.321. The molecule has 170 valence electrons. The molecular weight excluding hydrogens is 414 g/mol. The number of imidazole rings is 1. The number of methoxy groups -OCH3 is 1. The van der Waals surface area contributed by atoms with Crippen molar-refractivity contribution in [3.63, 3.8) is 0 Å². The van der Waals surface area contributed by atoms with Crippen molar-refractivity contribution in [3.8, 4) is 11.5 Å². The van der Waals surface area contributed by atoms with Crippen LogP contribution >= 0.6 is 0 Å². The van der Waals surface area contributed by atoms with Gasteiger partial charge in [-0.25, -0.2) is 4.98 Å². The van der Waals surface area contributed by atoms with E-state index in [1.807, 2.05) is 54.6 Å². The van der Waals surface area contributed by atoms with E-state index >= 15 is 0 Å². The van der Waals surface area contributed by atoms with Crippen LogP contribution in [-0.2, 0) is 6.42 Å². The summed E-state index contributed by atoms with van der Waals surface area (Å²) in [5.74, 6) is 1.71. The summed E-state index contributed by atoms with van der Waals surface area (Å²) in [7, 11) is 1.58. The molecule has 1 heterocycles. The van der Waals surface area contributed by atoms with E-state index in [0.29, 0.717) is 30.1 Å². The van der Waals surface area contributed by atoms with E-state index < -0.39 is 0 Å². The highest BCUT2D eigenvalue weighted by Crippen LogP contribution is 2.29. The van der Waals surface area contributed by atoms with Crippen LogP contribution in [0.5, 0.6) is 11.5 Å². The zero-order valence-electron chi connectivity index (χ0n) is 19.0. The number of nitrogens with one attached hydrogen (secondary N) is 2. The van der Waals surface area contributed by atoms with E-state index in [4.69, 9.17) is 14.5 Å². The van der Waals surface area contributed by atoms with Gasteiger partial charge in [0.2, 0.25) is 0 Å². The molecule has 0 spiro atoms. The van der Waals surface area contributed by atoms with Crippen LogP contribution in [0.25, 0.3) is 11.0 Å². The molecule has 33 heavy (non-hydrogen) atoms. The quantitative estimate of drug-likeness (QED) is 0.319. The molecule has 0 aliphatic carbocycles. The van der Waals surface area contributed by atoms with Gasteiger partial charge in [0.1, 0.15) is 5.82 Å². The number of aromatic amines is 1. The number of hydrogen-bond donors (Lipinski definition) is 2. The second-order valence-corrected chi connectivity index (χ2v) is 7.92. The number of carbonyl (C=O) groups excluding carboxylic acids is 1. The monoisotopic (exact) mass is 443 g/mol. The number of carbonyl (C=O) groups is 1. The lowest BCUT2D eigenvalue weighted by Gasteiger charge is -2.18. The minimum Gasteiger partial charge on any atom is -0.493 e. The predicted octanol–water partition coefficient (Wildman–Crippen LogP) is 5.46. The van der Waals surface area contributed by atoms with E-state index in [9.17, 15) is 4.79 Å².